The lowest BCUT2D eigenvalue weighted by Gasteiger charge is -2.14. The van der Waals surface area contributed by atoms with Crippen molar-refractivity contribution in [3.8, 4) is 0 Å². The van der Waals surface area contributed by atoms with E-state index in [0.717, 1.165) is 18.2 Å². The van der Waals surface area contributed by atoms with Crippen LogP contribution in [0.15, 0.2) is 18.2 Å². The molecule has 18 heavy (non-hydrogen) atoms. The van der Waals surface area contributed by atoms with Crippen LogP contribution in [-0.4, -0.2) is 11.9 Å². The van der Waals surface area contributed by atoms with Crippen LogP contribution in [0.5, 0.6) is 0 Å². The summed E-state index contributed by atoms with van der Waals surface area (Å²) in [5.74, 6) is -1.64. The number of rotatable bonds is 4. The molecule has 0 aliphatic carbocycles. The smallest absolute Gasteiger partial charge is 0.241 e. The molecule has 0 aromatic heterocycles. The monoisotopic (exact) mass is 278 g/mol. The largest absolute Gasteiger partial charge is 0.325 e. The van der Waals surface area contributed by atoms with Crippen LogP contribution in [0, 0.1) is 17.6 Å². The summed E-state index contributed by atoms with van der Waals surface area (Å²) in [7, 11) is 0. The fourth-order valence-electron chi connectivity index (χ4n) is 1.48. The lowest BCUT2D eigenvalue weighted by atomic mass is 10.0. The average Bonchev–Trinajstić information content (AvgIpc) is 2.14. The van der Waals surface area contributed by atoms with Crippen molar-refractivity contribution >= 4 is 24.0 Å². The van der Waals surface area contributed by atoms with Crippen LogP contribution in [0.1, 0.15) is 20.3 Å². The second kappa shape index (κ2) is 7.28. The normalized spacial score (nSPS) is 11.9. The van der Waals surface area contributed by atoms with Gasteiger partial charge >= 0.3 is 0 Å². The molecule has 1 rings (SSSR count). The fourth-order valence-corrected chi connectivity index (χ4v) is 1.48. The summed E-state index contributed by atoms with van der Waals surface area (Å²) in [6.07, 6.45) is 0.517. The van der Waals surface area contributed by atoms with Gasteiger partial charge in [0.1, 0.15) is 11.6 Å². The lowest BCUT2D eigenvalue weighted by Crippen LogP contribution is -2.36. The van der Waals surface area contributed by atoms with Crippen molar-refractivity contribution in [2.75, 3.05) is 5.32 Å². The molecule has 3 nitrogen and oxygen atoms in total. The van der Waals surface area contributed by atoms with E-state index >= 15 is 0 Å². The van der Waals surface area contributed by atoms with E-state index in [2.05, 4.69) is 5.32 Å². The van der Waals surface area contributed by atoms with E-state index in [4.69, 9.17) is 5.73 Å². The van der Waals surface area contributed by atoms with Gasteiger partial charge in [-0.15, -0.1) is 12.4 Å². The number of carbonyl (C=O) groups is 1. The van der Waals surface area contributed by atoms with Gasteiger partial charge in [-0.2, -0.15) is 0 Å². The Morgan fingerprint density at radius 2 is 1.78 bits per heavy atom. The Morgan fingerprint density at radius 3 is 2.22 bits per heavy atom. The Kier molecular flexibility index (Phi) is 6.80. The third-order valence-electron chi connectivity index (χ3n) is 2.19. The molecule has 0 saturated carbocycles. The summed E-state index contributed by atoms with van der Waals surface area (Å²) in [6, 6.07) is 2.15. The molecular weight excluding hydrogens is 262 g/mol. The molecule has 6 heteroatoms. The van der Waals surface area contributed by atoms with Gasteiger partial charge in [-0.25, -0.2) is 8.78 Å². The molecule has 0 unspecified atom stereocenters. The predicted octanol–water partition coefficient (Wildman–Crippen LogP) is 2.70. The van der Waals surface area contributed by atoms with Crippen LogP contribution < -0.4 is 11.1 Å². The zero-order chi connectivity index (χ0) is 13.0. The van der Waals surface area contributed by atoms with Gasteiger partial charge < -0.3 is 11.1 Å². The molecule has 1 atom stereocenters. The molecule has 0 heterocycles. The molecule has 0 saturated heterocycles. The number of nitrogens with one attached hydrogen (secondary N) is 1. The maximum atomic E-state index is 12.9. The quantitative estimate of drug-likeness (QED) is 0.890. The van der Waals surface area contributed by atoms with Crippen molar-refractivity contribution < 1.29 is 13.6 Å². The summed E-state index contributed by atoms with van der Waals surface area (Å²) in [6.45, 7) is 3.88. The van der Waals surface area contributed by atoms with Crippen LogP contribution >= 0.6 is 12.4 Å². The SMILES string of the molecule is CC(C)C[C@H](N)C(=O)Nc1cc(F)cc(F)c1.Cl. The third-order valence-corrected chi connectivity index (χ3v) is 2.19. The van der Waals surface area contributed by atoms with Gasteiger partial charge in [0.15, 0.2) is 0 Å². The molecule has 102 valence electrons. The number of amides is 1. The van der Waals surface area contributed by atoms with Crippen molar-refractivity contribution in [2.45, 2.75) is 26.3 Å². The van der Waals surface area contributed by atoms with E-state index in [9.17, 15) is 13.6 Å². The number of halogens is 3. The number of hydrogen-bond donors (Lipinski definition) is 2. The van der Waals surface area contributed by atoms with Gasteiger partial charge in [0, 0.05) is 11.8 Å². The molecule has 0 aliphatic heterocycles. The standard InChI is InChI=1S/C12H16F2N2O.ClH/c1-7(2)3-11(15)12(17)16-10-5-8(13)4-9(14)6-10;/h4-7,11H,3,15H2,1-2H3,(H,16,17);1H/t11-;/m0./s1. The predicted molar refractivity (Wildman–Crippen MR) is 69.7 cm³/mol. The highest BCUT2D eigenvalue weighted by molar-refractivity contribution is 5.94. The second-order valence-electron chi connectivity index (χ2n) is 4.38. The summed E-state index contributed by atoms with van der Waals surface area (Å²) in [5.41, 5.74) is 5.72. The van der Waals surface area contributed by atoms with E-state index in [1.165, 1.54) is 0 Å². The van der Waals surface area contributed by atoms with Crippen molar-refractivity contribution in [1.82, 2.24) is 0 Å². The first-order valence-corrected chi connectivity index (χ1v) is 5.41. The van der Waals surface area contributed by atoms with Gasteiger partial charge in [0.2, 0.25) is 5.91 Å². The van der Waals surface area contributed by atoms with E-state index in [-0.39, 0.29) is 24.0 Å². The van der Waals surface area contributed by atoms with E-state index in [1.807, 2.05) is 13.8 Å². The van der Waals surface area contributed by atoms with Crippen LogP contribution in [0.2, 0.25) is 0 Å². The Hall–Kier alpha value is -1.20. The molecular formula is C12H17ClF2N2O. The summed E-state index contributed by atoms with van der Waals surface area (Å²) >= 11 is 0. The number of benzene rings is 1. The first-order valence-electron chi connectivity index (χ1n) is 5.41. The zero-order valence-electron chi connectivity index (χ0n) is 10.2. The first-order chi connectivity index (χ1) is 7.88. The molecule has 0 radical (unpaired) electrons. The van der Waals surface area contributed by atoms with Crippen molar-refractivity contribution in [2.24, 2.45) is 11.7 Å². The van der Waals surface area contributed by atoms with Crippen LogP contribution in [0.3, 0.4) is 0 Å². The van der Waals surface area contributed by atoms with Crippen molar-refractivity contribution in [3.05, 3.63) is 29.8 Å². The zero-order valence-corrected chi connectivity index (χ0v) is 11.1. The second-order valence-corrected chi connectivity index (χ2v) is 4.38. The number of carbonyl (C=O) groups excluding carboxylic acids is 1. The molecule has 0 bridgehead atoms. The van der Waals surface area contributed by atoms with E-state index < -0.39 is 23.6 Å². The molecule has 0 spiro atoms. The molecule has 1 aromatic carbocycles. The van der Waals surface area contributed by atoms with Crippen LogP contribution in [-0.2, 0) is 4.79 Å². The highest BCUT2D eigenvalue weighted by atomic mass is 35.5. The van der Waals surface area contributed by atoms with Gasteiger partial charge in [0.05, 0.1) is 6.04 Å². The first kappa shape index (κ1) is 16.8. The number of anilines is 1. The Bertz CT molecular complexity index is 393. The minimum absolute atomic E-state index is 0. The summed E-state index contributed by atoms with van der Waals surface area (Å²) in [4.78, 5) is 11.6. The van der Waals surface area contributed by atoms with E-state index in [1.54, 1.807) is 0 Å². The lowest BCUT2D eigenvalue weighted by molar-refractivity contribution is -0.117. The highest BCUT2D eigenvalue weighted by Crippen LogP contribution is 2.13. The Labute approximate surface area is 111 Å². The van der Waals surface area contributed by atoms with Crippen LogP contribution in [0.4, 0.5) is 14.5 Å². The maximum Gasteiger partial charge on any atom is 0.241 e. The van der Waals surface area contributed by atoms with Crippen molar-refractivity contribution in [3.63, 3.8) is 0 Å². The fraction of sp³-hybridized carbons (Fsp3) is 0.417. The maximum absolute atomic E-state index is 12.9. The molecule has 0 aliphatic rings. The third kappa shape index (κ3) is 5.42. The minimum Gasteiger partial charge on any atom is -0.325 e. The topological polar surface area (TPSA) is 55.1 Å². The van der Waals surface area contributed by atoms with Gasteiger partial charge in [0.25, 0.3) is 0 Å². The summed E-state index contributed by atoms with van der Waals surface area (Å²) < 4.78 is 25.7. The minimum atomic E-state index is -0.738. The Balaban J connectivity index is 0.00000289. The van der Waals surface area contributed by atoms with Gasteiger partial charge in [-0.1, -0.05) is 13.8 Å². The highest BCUT2D eigenvalue weighted by Gasteiger charge is 2.15. The van der Waals surface area contributed by atoms with Gasteiger partial charge in [-0.05, 0) is 24.5 Å². The van der Waals surface area contributed by atoms with Gasteiger partial charge in [-0.3, -0.25) is 4.79 Å². The van der Waals surface area contributed by atoms with E-state index in [0.29, 0.717) is 6.42 Å². The summed E-state index contributed by atoms with van der Waals surface area (Å²) in [5, 5.41) is 2.38. The molecule has 0 fully saturated rings. The molecule has 1 aromatic rings. The van der Waals surface area contributed by atoms with Crippen LogP contribution in [0.25, 0.3) is 0 Å². The Morgan fingerprint density at radius 1 is 1.28 bits per heavy atom. The number of nitrogens with two attached hydrogens (primary N) is 1. The average molecular weight is 279 g/mol. The number of hydrogen-bond acceptors (Lipinski definition) is 2. The molecule has 1 amide bonds. The molecule has 3 N–H and O–H groups in total. The van der Waals surface area contributed by atoms with Crippen molar-refractivity contribution in [1.29, 1.82) is 0 Å².